The van der Waals surface area contributed by atoms with E-state index in [1.165, 1.54) is 12.1 Å². The molecule has 0 aliphatic rings. The Morgan fingerprint density at radius 2 is 2.04 bits per heavy atom. The lowest BCUT2D eigenvalue weighted by molar-refractivity contribution is -0.384. The molecule has 0 aliphatic heterocycles. The van der Waals surface area contributed by atoms with Gasteiger partial charge < -0.3 is 19.9 Å². The molecule has 0 radical (unpaired) electrons. The van der Waals surface area contributed by atoms with Gasteiger partial charge in [-0.2, -0.15) is 0 Å². The Morgan fingerprint density at radius 1 is 1.21 bits per heavy atom. The van der Waals surface area contributed by atoms with E-state index in [0.29, 0.717) is 24.5 Å². The third-order valence-electron chi connectivity index (χ3n) is 4.45. The van der Waals surface area contributed by atoms with Crippen LogP contribution in [-0.4, -0.2) is 35.7 Å². The normalized spacial score (nSPS) is 10.8. The number of nitrogens with one attached hydrogen (secondary N) is 2. The minimum Gasteiger partial charge on any atom is -0.383 e. The number of carbonyl (C=O) groups excluding carboxylic acids is 1. The van der Waals surface area contributed by atoms with Crippen molar-refractivity contribution in [3.05, 3.63) is 64.3 Å². The zero-order valence-corrected chi connectivity index (χ0v) is 15.8. The Labute approximate surface area is 162 Å². The van der Waals surface area contributed by atoms with E-state index in [4.69, 9.17) is 4.74 Å². The highest BCUT2D eigenvalue weighted by atomic mass is 16.6. The van der Waals surface area contributed by atoms with Crippen LogP contribution in [0.2, 0.25) is 0 Å². The summed E-state index contributed by atoms with van der Waals surface area (Å²) >= 11 is 0. The number of ether oxygens (including phenoxy) is 1. The second kappa shape index (κ2) is 8.53. The molecule has 0 atom stereocenters. The molecule has 1 amide bonds. The lowest BCUT2D eigenvalue weighted by atomic mass is 10.1. The van der Waals surface area contributed by atoms with Crippen molar-refractivity contribution in [2.75, 3.05) is 30.9 Å². The first-order valence-electron chi connectivity index (χ1n) is 8.95. The number of nitro groups is 1. The first-order chi connectivity index (χ1) is 13.5. The molecular weight excluding hydrogens is 360 g/mol. The van der Waals surface area contributed by atoms with Crippen LogP contribution in [0.15, 0.2) is 48.7 Å². The maximum absolute atomic E-state index is 12.6. The van der Waals surface area contributed by atoms with Gasteiger partial charge in [-0.1, -0.05) is 0 Å². The van der Waals surface area contributed by atoms with Gasteiger partial charge in [0.2, 0.25) is 0 Å². The highest BCUT2D eigenvalue weighted by Crippen LogP contribution is 2.26. The van der Waals surface area contributed by atoms with Crippen molar-refractivity contribution < 1.29 is 14.5 Å². The SMILES string of the molecule is CCn1ccc2cc(NC(=O)c3ccc(NCCOC)c([N+](=O)[O-])c3)ccc21. The first-order valence-corrected chi connectivity index (χ1v) is 8.95. The van der Waals surface area contributed by atoms with Crippen molar-refractivity contribution in [2.24, 2.45) is 0 Å². The number of nitrogens with zero attached hydrogens (tertiary/aromatic N) is 2. The van der Waals surface area contributed by atoms with Gasteiger partial charge in [0, 0.05) is 54.6 Å². The summed E-state index contributed by atoms with van der Waals surface area (Å²) < 4.78 is 7.04. The molecule has 0 bridgehead atoms. The largest absolute Gasteiger partial charge is 0.383 e. The molecule has 8 heteroatoms. The summed E-state index contributed by atoms with van der Waals surface area (Å²) in [5.41, 5.74) is 2.13. The van der Waals surface area contributed by atoms with Gasteiger partial charge in [0.1, 0.15) is 5.69 Å². The Balaban J connectivity index is 1.80. The van der Waals surface area contributed by atoms with Crippen LogP contribution in [0, 0.1) is 10.1 Å². The number of benzene rings is 2. The maximum Gasteiger partial charge on any atom is 0.293 e. The first kappa shape index (κ1) is 19.4. The van der Waals surface area contributed by atoms with Gasteiger partial charge in [0.05, 0.1) is 11.5 Å². The summed E-state index contributed by atoms with van der Waals surface area (Å²) in [5, 5.41) is 18.1. The monoisotopic (exact) mass is 382 g/mol. The summed E-state index contributed by atoms with van der Waals surface area (Å²) in [4.78, 5) is 23.4. The molecule has 3 rings (SSSR count). The van der Waals surface area contributed by atoms with Gasteiger partial charge in [-0.05, 0) is 43.3 Å². The second-order valence-corrected chi connectivity index (χ2v) is 6.24. The third-order valence-corrected chi connectivity index (χ3v) is 4.45. The van der Waals surface area contributed by atoms with Crippen molar-refractivity contribution in [1.29, 1.82) is 0 Å². The van der Waals surface area contributed by atoms with Gasteiger partial charge in [-0.25, -0.2) is 0 Å². The minimum atomic E-state index is -0.508. The van der Waals surface area contributed by atoms with E-state index in [-0.39, 0.29) is 11.3 Å². The van der Waals surface area contributed by atoms with Crippen molar-refractivity contribution in [2.45, 2.75) is 13.5 Å². The molecular formula is C20H22N4O4. The number of carbonyl (C=O) groups is 1. The second-order valence-electron chi connectivity index (χ2n) is 6.24. The van der Waals surface area contributed by atoms with E-state index < -0.39 is 10.8 Å². The lowest BCUT2D eigenvalue weighted by Crippen LogP contribution is -2.13. The number of fused-ring (bicyclic) bond motifs is 1. The molecule has 2 N–H and O–H groups in total. The predicted molar refractivity (Wildman–Crippen MR) is 109 cm³/mol. The standard InChI is InChI=1S/C20H22N4O4/c1-3-23-10-8-14-12-16(5-7-18(14)23)22-20(25)15-4-6-17(21-9-11-28-2)19(13-15)24(26)27/h4-8,10,12-13,21H,3,9,11H2,1-2H3,(H,22,25). The van der Waals surface area contributed by atoms with Crippen LogP contribution in [0.3, 0.4) is 0 Å². The molecule has 8 nitrogen and oxygen atoms in total. The summed E-state index contributed by atoms with van der Waals surface area (Å²) in [7, 11) is 1.55. The third kappa shape index (κ3) is 4.12. The summed E-state index contributed by atoms with van der Waals surface area (Å²) in [6.45, 7) is 3.78. The molecule has 28 heavy (non-hydrogen) atoms. The van der Waals surface area contributed by atoms with E-state index in [0.717, 1.165) is 17.4 Å². The molecule has 0 saturated carbocycles. The van der Waals surface area contributed by atoms with E-state index >= 15 is 0 Å². The Kier molecular flexibility index (Phi) is 5.90. The van der Waals surface area contributed by atoms with Crippen molar-refractivity contribution in [3.8, 4) is 0 Å². The van der Waals surface area contributed by atoms with E-state index in [9.17, 15) is 14.9 Å². The van der Waals surface area contributed by atoms with Gasteiger partial charge in [-0.15, -0.1) is 0 Å². The van der Waals surface area contributed by atoms with Crippen LogP contribution in [0.5, 0.6) is 0 Å². The van der Waals surface area contributed by atoms with E-state index in [1.54, 1.807) is 13.2 Å². The molecule has 146 valence electrons. The lowest BCUT2D eigenvalue weighted by Gasteiger charge is -2.09. The maximum atomic E-state index is 12.6. The predicted octanol–water partition coefficient (Wildman–Crippen LogP) is 3.88. The number of hydrogen-bond acceptors (Lipinski definition) is 5. The molecule has 0 unspecified atom stereocenters. The fraction of sp³-hybridized carbons (Fsp3) is 0.250. The number of hydrogen-bond donors (Lipinski definition) is 2. The molecule has 1 heterocycles. The van der Waals surface area contributed by atoms with Gasteiger partial charge in [0.25, 0.3) is 11.6 Å². The fourth-order valence-corrected chi connectivity index (χ4v) is 3.02. The Morgan fingerprint density at radius 3 is 2.75 bits per heavy atom. The van der Waals surface area contributed by atoms with Gasteiger partial charge >= 0.3 is 0 Å². The number of aromatic nitrogens is 1. The Hall–Kier alpha value is -3.39. The van der Waals surface area contributed by atoms with Crippen LogP contribution < -0.4 is 10.6 Å². The fourth-order valence-electron chi connectivity index (χ4n) is 3.02. The number of nitro benzene ring substituents is 1. The number of amides is 1. The van der Waals surface area contributed by atoms with Gasteiger partial charge in [-0.3, -0.25) is 14.9 Å². The van der Waals surface area contributed by atoms with Crippen LogP contribution in [0.4, 0.5) is 17.1 Å². The minimum absolute atomic E-state index is 0.153. The molecule has 0 aliphatic carbocycles. The highest BCUT2D eigenvalue weighted by Gasteiger charge is 2.17. The summed E-state index contributed by atoms with van der Waals surface area (Å²) in [6.07, 6.45) is 1.99. The Bertz CT molecular complexity index is 1010. The number of aryl methyl sites for hydroxylation is 1. The van der Waals surface area contributed by atoms with Crippen LogP contribution in [0.25, 0.3) is 10.9 Å². The molecule has 0 spiro atoms. The number of rotatable bonds is 8. The molecule has 2 aromatic carbocycles. The zero-order chi connectivity index (χ0) is 20.1. The summed E-state index contributed by atoms with van der Waals surface area (Å²) in [6, 6.07) is 12.0. The molecule has 0 fully saturated rings. The highest BCUT2D eigenvalue weighted by molar-refractivity contribution is 6.06. The molecule has 0 saturated heterocycles. The number of anilines is 2. The van der Waals surface area contributed by atoms with Crippen LogP contribution in [0.1, 0.15) is 17.3 Å². The van der Waals surface area contributed by atoms with Crippen molar-refractivity contribution in [3.63, 3.8) is 0 Å². The molecule has 1 aromatic heterocycles. The van der Waals surface area contributed by atoms with E-state index in [2.05, 4.69) is 22.1 Å². The molecule has 3 aromatic rings. The topological polar surface area (TPSA) is 98.4 Å². The zero-order valence-electron chi connectivity index (χ0n) is 15.8. The van der Waals surface area contributed by atoms with Crippen LogP contribution >= 0.6 is 0 Å². The number of methoxy groups -OCH3 is 1. The van der Waals surface area contributed by atoms with Crippen LogP contribution in [-0.2, 0) is 11.3 Å². The average Bonchev–Trinajstić information content (AvgIpc) is 3.10. The average molecular weight is 382 g/mol. The van der Waals surface area contributed by atoms with Crippen molar-refractivity contribution >= 4 is 33.9 Å². The quantitative estimate of drug-likeness (QED) is 0.350. The van der Waals surface area contributed by atoms with Gasteiger partial charge in [0.15, 0.2) is 0 Å². The van der Waals surface area contributed by atoms with Crippen molar-refractivity contribution in [1.82, 2.24) is 4.57 Å². The van der Waals surface area contributed by atoms with E-state index in [1.807, 2.05) is 30.5 Å². The smallest absolute Gasteiger partial charge is 0.293 e. The summed E-state index contributed by atoms with van der Waals surface area (Å²) in [5.74, 6) is -0.402.